The average Bonchev–Trinajstić information content (AvgIpc) is 2.81. The number of benzene rings is 1. The van der Waals surface area contributed by atoms with Crippen LogP contribution < -0.4 is 11.1 Å². The van der Waals surface area contributed by atoms with E-state index in [4.69, 9.17) is 18.0 Å². The Labute approximate surface area is 117 Å². The molecule has 1 aliphatic rings. The number of anilines is 1. The first kappa shape index (κ1) is 12.1. The number of nitrogens with zero attached hydrogens (tertiary/aromatic N) is 1. The van der Waals surface area contributed by atoms with Crippen LogP contribution in [0.4, 0.5) is 5.69 Å². The van der Waals surface area contributed by atoms with Crippen LogP contribution in [0, 0.1) is 0 Å². The van der Waals surface area contributed by atoms with E-state index in [0.717, 1.165) is 18.5 Å². The fraction of sp³-hybridized carbons (Fsp3) is 0.200. The Morgan fingerprint density at radius 1 is 1.16 bits per heavy atom. The highest BCUT2D eigenvalue weighted by molar-refractivity contribution is 7.80. The molecule has 1 heterocycles. The van der Waals surface area contributed by atoms with Crippen molar-refractivity contribution in [3.63, 3.8) is 0 Å². The topological polar surface area (TPSA) is 50.9 Å². The van der Waals surface area contributed by atoms with Crippen molar-refractivity contribution >= 4 is 22.9 Å². The second kappa shape index (κ2) is 4.97. The van der Waals surface area contributed by atoms with Gasteiger partial charge in [0, 0.05) is 12.2 Å². The van der Waals surface area contributed by atoms with Crippen LogP contribution in [0.25, 0.3) is 0 Å². The lowest BCUT2D eigenvalue weighted by atomic mass is 10.1. The van der Waals surface area contributed by atoms with Gasteiger partial charge < -0.3 is 11.1 Å². The van der Waals surface area contributed by atoms with Crippen molar-refractivity contribution in [1.82, 2.24) is 4.98 Å². The molecule has 1 aromatic heterocycles. The molecule has 0 bridgehead atoms. The molecule has 0 radical (unpaired) electrons. The lowest BCUT2D eigenvalue weighted by molar-refractivity contribution is 0.773. The molecule has 0 saturated carbocycles. The van der Waals surface area contributed by atoms with Gasteiger partial charge in [-0.1, -0.05) is 36.5 Å². The summed E-state index contributed by atoms with van der Waals surface area (Å²) < 4.78 is 0. The lowest BCUT2D eigenvalue weighted by Gasteiger charge is -2.15. The largest absolute Gasteiger partial charge is 0.388 e. The lowest BCUT2D eigenvalue weighted by Crippen LogP contribution is -2.23. The number of nitrogens with two attached hydrogens (primary N) is 1. The van der Waals surface area contributed by atoms with E-state index < -0.39 is 0 Å². The van der Waals surface area contributed by atoms with Crippen LogP contribution in [-0.4, -0.2) is 16.0 Å². The molecule has 19 heavy (non-hydrogen) atoms. The molecule has 4 heteroatoms. The van der Waals surface area contributed by atoms with Crippen molar-refractivity contribution in [3.8, 4) is 0 Å². The van der Waals surface area contributed by atoms with Gasteiger partial charge in [0.25, 0.3) is 0 Å². The maximum absolute atomic E-state index is 5.70. The van der Waals surface area contributed by atoms with Gasteiger partial charge in [0.2, 0.25) is 0 Å². The predicted molar refractivity (Wildman–Crippen MR) is 81.4 cm³/mol. The van der Waals surface area contributed by atoms with Crippen LogP contribution in [0.2, 0.25) is 0 Å². The van der Waals surface area contributed by atoms with E-state index in [9.17, 15) is 0 Å². The van der Waals surface area contributed by atoms with Crippen molar-refractivity contribution in [2.45, 2.75) is 18.9 Å². The number of nitrogens with one attached hydrogen (secondary N) is 1. The maximum Gasteiger partial charge on any atom is 0.124 e. The normalized spacial score (nSPS) is 14.1. The summed E-state index contributed by atoms with van der Waals surface area (Å²) in [6.07, 6.45) is 3.77. The van der Waals surface area contributed by atoms with E-state index in [2.05, 4.69) is 34.6 Å². The van der Waals surface area contributed by atoms with E-state index in [1.807, 2.05) is 12.1 Å². The van der Waals surface area contributed by atoms with Crippen molar-refractivity contribution < 1.29 is 0 Å². The van der Waals surface area contributed by atoms with Crippen LogP contribution in [-0.2, 0) is 12.8 Å². The summed E-state index contributed by atoms with van der Waals surface area (Å²) in [5.74, 6) is 0. The highest BCUT2D eigenvalue weighted by Gasteiger charge is 2.21. The molecule has 3 N–H and O–H groups in total. The Balaban J connectivity index is 1.80. The van der Waals surface area contributed by atoms with E-state index in [1.165, 1.54) is 11.1 Å². The third-order valence-electron chi connectivity index (χ3n) is 3.45. The standard InChI is InChI=1S/C15H15N3S/c16-15(19)14-13(6-3-7-17-14)18-12-8-10-4-1-2-5-11(10)9-12/h1-7,12,18H,8-9H2,(H2,16,19). The van der Waals surface area contributed by atoms with Gasteiger partial charge in [0.15, 0.2) is 0 Å². The maximum atomic E-state index is 5.70. The molecule has 0 atom stereocenters. The Hall–Kier alpha value is -1.94. The van der Waals surface area contributed by atoms with E-state index in [-0.39, 0.29) is 0 Å². The molecule has 0 aliphatic heterocycles. The summed E-state index contributed by atoms with van der Waals surface area (Å²) in [7, 11) is 0. The van der Waals surface area contributed by atoms with Gasteiger partial charge in [0.05, 0.1) is 5.69 Å². The Morgan fingerprint density at radius 3 is 2.47 bits per heavy atom. The van der Waals surface area contributed by atoms with Crippen molar-refractivity contribution in [1.29, 1.82) is 0 Å². The highest BCUT2D eigenvalue weighted by Crippen LogP contribution is 2.25. The minimum atomic E-state index is 0.332. The molecule has 3 nitrogen and oxygen atoms in total. The summed E-state index contributed by atoms with van der Waals surface area (Å²) in [5.41, 5.74) is 10.1. The third kappa shape index (κ3) is 2.44. The average molecular weight is 269 g/mol. The van der Waals surface area contributed by atoms with Crippen molar-refractivity contribution in [3.05, 3.63) is 59.4 Å². The number of fused-ring (bicyclic) bond motifs is 1. The van der Waals surface area contributed by atoms with E-state index in [0.29, 0.717) is 16.7 Å². The molecular formula is C15H15N3S. The van der Waals surface area contributed by atoms with Crippen LogP contribution in [0.15, 0.2) is 42.6 Å². The van der Waals surface area contributed by atoms with Gasteiger partial charge in [-0.15, -0.1) is 0 Å². The van der Waals surface area contributed by atoms with Crippen LogP contribution in [0.5, 0.6) is 0 Å². The molecule has 2 aromatic rings. The molecule has 0 amide bonds. The summed E-state index contributed by atoms with van der Waals surface area (Å²) in [5, 5.41) is 3.51. The minimum absolute atomic E-state index is 0.332. The van der Waals surface area contributed by atoms with Gasteiger partial charge in [-0.3, -0.25) is 4.98 Å². The van der Waals surface area contributed by atoms with Crippen molar-refractivity contribution in [2.75, 3.05) is 5.32 Å². The number of hydrogen-bond acceptors (Lipinski definition) is 3. The fourth-order valence-electron chi connectivity index (χ4n) is 2.60. The summed E-state index contributed by atoms with van der Waals surface area (Å²) in [6, 6.07) is 12.8. The van der Waals surface area contributed by atoms with E-state index in [1.54, 1.807) is 6.20 Å². The van der Waals surface area contributed by atoms with Gasteiger partial charge in [-0.25, -0.2) is 0 Å². The number of thiocarbonyl (C=S) groups is 1. The minimum Gasteiger partial charge on any atom is -0.388 e. The first-order valence-electron chi connectivity index (χ1n) is 6.32. The molecule has 1 aromatic carbocycles. The molecule has 0 saturated heterocycles. The summed E-state index contributed by atoms with van der Waals surface area (Å²) in [4.78, 5) is 4.57. The molecule has 1 aliphatic carbocycles. The monoisotopic (exact) mass is 269 g/mol. The molecular weight excluding hydrogens is 254 g/mol. The quantitative estimate of drug-likeness (QED) is 0.840. The first-order chi connectivity index (χ1) is 9.24. The zero-order chi connectivity index (χ0) is 13.2. The Bertz CT molecular complexity index is 599. The van der Waals surface area contributed by atoms with Gasteiger partial charge >= 0.3 is 0 Å². The third-order valence-corrected chi connectivity index (χ3v) is 3.65. The number of rotatable bonds is 3. The zero-order valence-electron chi connectivity index (χ0n) is 10.5. The molecule has 0 unspecified atom stereocenters. The molecule has 96 valence electrons. The highest BCUT2D eigenvalue weighted by atomic mass is 32.1. The Kier molecular flexibility index (Phi) is 3.17. The van der Waals surface area contributed by atoms with Gasteiger partial charge in [-0.2, -0.15) is 0 Å². The second-order valence-corrected chi connectivity index (χ2v) is 5.22. The summed E-state index contributed by atoms with van der Waals surface area (Å²) >= 11 is 5.04. The van der Waals surface area contributed by atoms with Crippen LogP contribution >= 0.6 is 12.2 Å². The summed E-state index contributed by atoms with van der Waals surface area (Å²) in [6.45, 7) is 0. The van der Waals surface area contributed by atoms with Crippen molar-refractivity contribution in [2.24, 2.45) is 5.73 Å². The SMILES string of the molecule is NC(=S)c1ncccc1NC1Cc2ccccc2C1. The van der Waals surface area contributed by atoms with Crippen LogP contribution in [0.1, 0.15) is 16.8 Å². The number of pyridine rings is 1. The smallest absolute Gasteiger partial charge is 0.124 e. The van der Waals surface area contributed by atoms with E-state index >= 15 is 0 Å². The number of hydrogen-bond donors (Lipinski definition) is 2. The zero-order valence-corrected chi connectivity index (χ0v) is 11.3. The molecule has 0 spiro atoms. The van der Waals surface area contributed by atoms with Gasteiger partial charge in [0.1, 0.15) is 10.7 Å². The fourth-order valence-corrected chi connectivity index (χ4v) is 2.76. The number of aromatic nitrogens is 1. The second-order valence-electron chi connectivity index (χ2n) is 4.78. The molecule has 3 rings (SSSR count). The first-order valence-corrected chi connectivity index (χ1v) is 6.73. The Morgan fingerprint density at radius 2 is 1.84 bits per heavy atom. The van der Waals surface area contributed by atoms with Crippen LogP contribution in [0.3, 0.4) is 0 Å². The predicted octanol–water partition coefficient (Wildman–Crippen LogP) is 2.30. The van der Waals surface area contributed by atoms with Gasteiger partial charge in [-0.05, 0) is 36.1 Å². The molecule has 0 fully saturated rings.